The maximum absolute atomic E-state index is 2.80. The molecule has 216 valence electrons. The van der Waals surface area contributed by atoms with Crippen LogP contribution >= 0.6 is 0 Å². The van der Waals surface area contributed by atoms with Crippen molar-refractivity contribution < 1.29 is 0 Å². The van der Waals surface area contributed by atoms with E-state index in [4.69, 9.17) is 0 Å². The van der Waals surface area contributed by atoms with Gasteiger partial charge in [-0.3, -0.25) is 9.80 Å². The van der Waals surface area contributed by atoms with Crippen molar-refractivity contribution in [3.05, 3.63) is 0 Å². The minimum atomic E-state index is 0. The number of likely N-dealkylation sites (tertiary alicyclic amines) is 1. The van der Waals surface area contributed by atoms with Crippen molar-refractivity contribution in [3.8, 4) is 0 Å². The third-order valence-electron chi connectivity index (χ3n) is 9.22. The summed E-state index contributed by atoms with van der Waals surface area (Å²) in [5.41, 5.74) is 1.36. The van der Waals surface area contributed by atoms with Gasteiger partial charge in [0.05, 0.1) is 0 Å². The molecule has 0 N–H and O–H groups in total. The van der Waals surface area contributed by atoms with E-state index in [1.54, 1.807) is 0 Å². The van der Waals surface area contributed by atoms with Crippen molar-refractivity contribution in [1.29, 1.82) is 0 Å². The third-order valence-corrected chi connectivity index (χ3v) is 9.22. The van der Waals surface area contributed by atoms with Crippen LogP contribution in [0.2, 0.25) is 0 Å². The Morgan fingerprint density at radius 1 is 0.600 bits per heavy atom. The zero-order valence-electron chi connectivity index (χ0n) is 27.0. The lowest BCUT2D eigenvalue weighted by Gasteiger charge is -2.53. The number of rotatable bonds is 7. The van der Waals surface area contributed by atoms with Crippen LogP contribution in [0.1, 0.15) is 137 Å². The molecule has 0 bridgehead atoms. The van der Waals surface area contributed by atoms with Gasteiger partial charge in [0, 0.05) is 37.3 Å². The third kappa shape index (κ3) is 11.0. The van der Waals surface area contributed by atoms with Crippen LogP contribution in [0.15, 0.2) is 0 Å². The summed E-state index contributed by atoms with van der Waals surface area (Å²) in [6.07, 6.45) is 5.23. The zero-order chi connectivity index (χ0) is 27.4. The molecular formula is C32H73N3. The summed E-state index contributed by atoms with van der Waals surface area (Å²) in [7, 11) is 2.25. The molecule has 0 aliphatic carbocycles. The van der Waals surface area contributed by atoms with Crippen molar-refractivity contribution in [3.63, 3.8) is 0 Å². The Morgan fingerprint density at radius 2 is 0.943 bits per heavy atom. The molecule has 2 fully saturated rings. The molecule has 2 rings (SSSR count). The first-order chi connectivity index (χ1) is 15.7. The van der Waals surface area contributed by atoms with Crippen molar-refractivity contribution in [2.75, 3.05) is 46.3 Å². The molecule has 2 aliphatic rings. The second-order valence-corrected chi connectivity index (χ2v) is 12.3. The first-order valence-electron chi connectivity index (χ1n) is 14.9. The summed E-state index contributed by atoms with van der Waals surface area (Å²) < 4.78 is 0. The Balaban J connectivity index is -0.00000135. The number of hydrogen-bond acceptors (Lipinski definition) is 3. The fraction of sp³-hybridized carbons (Fsp3) is 1.00. The Bertz CT molecular complexity index is 491. The molecule has 0 amide bonds. The summed E-state index contributed by atoms with van der Waals surface area (Å²) in [5, 5.41) is 0. The Kier molecular flexibility index (Phi) is 19.6. The second-order valence-electron chi connectivity index (χ2n) is 12.3. The first kappa shape index (κ1) is 39.4. The van der Waals surface area contributed by atoms with Gasteiger partial charge in [-0.25, -0.2) is 0 Å². The molecule has 0 atom stereocenters. The summed E-state index contributed by atoms with van der Waals surface area (Å²) in [6.45, 7) is 41.7. The molecular weight excluding hydrogens is 426 g/mol. The molecule has 2 saturated heterocycles. The van der Waals surface area contributed by atoms with E-state index in [9.17, 15) is 0 Å². The summed E-state index contributed by atoms with van der Waals surface area (Å²) >= 11 is 0. The molecule has 0 spiro atoms. The SMILES string of the molecule is C.CC.CC.CC.CCC(C)(C)C(C)(C)C1CCN(C(C)(C)CC(C)(C)N2CCN(C)CC2)CC1. The van der Waals surface area contributed by atoms with Gasteiger partial charge in [-0.2, -0.15) is 0 Å². The number of likely N-dealkylation sites (N-methyl/N-ethyl adjacent to an activating group) is 1. The maximum atomic E-state index is 2.80. The van der Waals surface area contributed by atoms with Crippen molar-refractivity contribution in [2.24, 2.45) is 16.7 Å². The Labute approximate surface area is 225 Å². The fourth-order valence-electron chi connectivity index (χ4n) is 5.91. The minimum absolute atomic E-state index is 0. The van der Waals surface area contributed by atoms with E-state index in [-0.39, 0.29) is 18.5 Å². The number of nitrogens with zero attached hydrogens (tertiary/aromatic N) is 3. The Morgan fingerprint density at radius 3 is 1.29 bits per heavy atom. The first-order valence-corrected chi connectivity index (χ1v) is 14.9. The highest BCUT2D eigenvalue weighted by Crippen LogP contribution is 2.50. The molecule has 3 heteroatoms. The van der Waals surface area contributed by atoms with Crippen LogP contribution < -0.4 is 0 Å². The van der Waals surface area contributed by atoms with E-state index < -0.39 is 0 Å². The van der Waals surface area contributed by atoms with Gasteiger partial charge in [0.15, 0.2) is 0 Å². The van der Waals surface area contributed by atoms with Gasteiger partial charge in [-0.05, 0) is 83.8 Å². The van der Waals surface area contributed by atoms with Gasteiger partial charge < -0.3 is 4.90 Å². The van der Waals surface area contributed by atoms with Gasteiger partial charge in [0.1, 0.15) is 0 Å². The van der Waals surface area contributed by atoms with E-state index >= 15 is 0 Å². The van der Waals surface area contributed by atoms with Gasteiger partial charge in [0.25, 0.3) is 0 Å². The van der Waals surface area contributed by atoms with Crippen molar-refractivity contribution in [2.45, 2.75) is 148 Å². The number of piperazine rings is 1. The standard InChI is InChI=1S/C25H51N3.3C2H6.CH4/c1-11-22(2,3)25(8,9)21-12-14-27(15-13-21)23(4,5)20-24(6,7)28-18-16-26(10)17-19-28;3*1-2;/h21H,11-20H2,1-10H3;3*1-2H3;1H4. The van der Waals surface area contributed by atoms with E-state index in [0.29, 0.717) is 10.8 Å². The molecule has 0 aromatic rings. The van der Waals surface area contributed by atoms with Crippen LogP contribution in [-0.2, 0) is 0 Å². The highest BCUT2D eigenvalue weighted by molar-refractivity contribution is 4.98. The number of hydrogen-bond donors (Lipinski definition) is 0. The van der Waals surface area contributed by atoms with Crippen LogP contribution in [0.3, 0.4) is 0 Å². The van der Waals surface area contributed by atoms with Crippen molar-refractivity contribution >= 4 is 0 Å². The number of piperidine rings is 1. The molecule has 35 heavy (non-hydrogen) atoms. The lowest BCUT2D eigenvalue weighted by atomic mass is 9.58. The molecule has 0 radical (unpaired) electrons. The predicted molar refractivity (Wildman–Crippen MR) is 165 cm³/mol. The van der Waals surface area contributed by atoms with E-state index in [0.717, 1.165) is 5.92 Å². The fourth-order valence-corrected chi connectivity index (χ4v) is 5.91. The molecule has 0 unspecified atom stereocenters. The van der Waals surface area contributed by atoms with Crippen LogP contribution in [0.5, 0.6) is 0 Å². The second kappa shape index (κ2) is 17.4. The van der Waals surface area contributed by atoms with E-state index in [1.165, 1.54) is 65.0 Å². The highest BCUT2D eigenvalue weighted by atomic mass is 15.3. The average molecular weight is 500 g/mol. The van der Waals surface area contributed by atoms with Gasteiger partial charge >= 0.3 is 0 Å². The Hall–Kier alpha value is -0.120. The van der Waals surface area contributed by atoms with Gasteiger partial charge in [-0.1, -0.05) is 90.0 Å². The smallest absolute Gasteiger partial charge is 0.0171 e. The lowest BCUT2D eigenvalue weighted by Crippen LogP contribution is -2.59. The predicted octanol–water partition coefficient (Wildman–Crippen LogP) is 9.07. The molecule has 3 nitrogen and oxygen atoms in total. The van der Waals surface area contributed by atoms with Crippen LogP contribution in [-0.4, -0.2) is 72.1 Å². The van der Waals surface area contributed by atoms with Crippen LogP contribution in [0.25, 0.3) is 0 Å². The van der Waals surface area contributed by atoms with Gasteiger partial charge in [0.2, 0.25) is 0 Å². The van der Waals surface area contributed by atoms with E-state index in [2.05, 4.69) is 84.1 Å². The van der Waals surface area contributed by atoms with E-state index in [1.807, 2.05) is 41.5 Å². The topological polar surface area (TPSA) is 9.72 Å². The molecule has 0 saturated carbocycles. The average Bonchev–Trinajstić information content (AvgIpc) is 2.82. The van der Waals surface area contributed by atoms with Crippen LogP contribution in [0.4, 0.5) is 0 Å². The van der Waals surface area contributed by atoms with Crippen molar-refractivity contribution in [1.82, 2.24) is 14.7 Å². The summed E-state index contributed by atoms with van der Waals surface area (Å²) in [6, 6.07) is 0. The molecule has 0 aromatic heterocycles. The van der Waals surface area contributed by atoms with Crippen LogP contribution in [0, 0.1) is 16.7 Å². The molecule has 2 heterocycles. The lowest BCUT2D eigenvalue weighted by molar-refractivity contribution is -0.0373. The maximum Gasteiger partial charge on any atom is 0.0171 e. The van der Waals surface area contributed by atoms with Gasteiger partial charge in [-0.15, -0.1) is 0 Å². The monoisotopic (exact) mass is 500 g/mol. The minimum Gasteiger partial charge on any atom is -0.304 e. The summed E-state index contributed by atoms with van der Waals surface area (Å²) in [4.78, 5) is 7.99. The largest absolute Gasteiger partial charge is 0.304 e. The normalized spacial score (nSPS) is 19.2. The zero-order valence-corrected chi connectivity index (χ0v) is 27.0. The quantitative estimate of drug-likeness (QED) is 0.346. The highest BCUT2D eigenvalue weighted by Gasteiger charge is 2.45. The summed E-state index contributed by atoms with van der Waals surface area (Å²) in [5.74, 6) is 0.847. The molecule has 0 aromatic carbocycles. The molecule has 2 aliphatic heterocycles.